The molecule has 0 amide bonds. The minimum Gasteiger partial charge on any atom is -0.265 e. The monoisotopic (exact) mass is 639 g/mol. The third kappa shape index (κ3) is 3.99. The quantitative estimate of drug-likeness (QED) is 0.0819. The summed E-state index contributed by atoms with van der Waals surface area (Å²) in [6.07, 6.45) is -5.67. The number of alkyl halides is 6. The van der Waals surface area contributed by atoms with Gasteiger partial charge in [0.2, 0.25) is 0 Å². The van der Waals surface area contributed by atoms with Crippen LogP contribution in [0.1, 0.15) is 16.7 Å². The van der Waals surface area contributed by atoms with Crippen LogP contribution >= 0.6 is 0 Å². The Morgan fingerprint density at radius 2 is 1.02 bits per heavy atom. The summed E-state index contributed by atoms with van der Waals surface area (Å²) in [7, 11) is 0. The molecule has 2 aromatic heterocycles. The van der Waals surface area contributed by atoms with E-state index in [1.54, 1.807) is 6.07 Å². The molecular weight excluding hydrogens is 628 g/mol. The summed E-state index contributed by atoms with van der Waals surface area (Å²) in [5.41, 5.74) is -6.60. The number of fused-ring (bicyclic) bond motifs is 5. The van der Waals surface area contributed by atoms with Crippen LogP contribution < -0.4 is 0 Å². The number of pyridine rings is 2. The Morgan fingerprint density at radius 3 is 1.57 bits per heavy atom. The summed E-state index contributed by atoms with van der Waals surface area (Å²) in [5.74, 6) is -8.81. The van der Waals surface area contributed by atoms with Crippen molar-refractivity contribution in [3.05, 3.63) is 107 Å². The summed E-state index contributed by atoms with van der Waals surface area (Å²) >= 11 is 0. The first-order valence-electron chi connectivity index (χ1n) is 13.1. The number of nitrogens with zero attached hydrogens (tertiary/aromatic N) is 3. The lowest BCUT2D eigenvalue weighted by molar-refractivity contribution is -0.137. The summed E-state index contributed by atoms with van der Waals surface area (Å²) in [4.78, 5) is 7.55. The minimum atomic E-state index is -5.25. The molecule has 0 atom stereocenters. The van der Waals surface area contributed by atoms with Crippen molar-refractivity contribution < 1.29 is 43.9 Å². The highest BCUT2D eigenvalue weighted by molar-refractivity contribution is 6.30. The molecule has 1 aliphatic rings. The number of nitriles is 1. The fourth-order valence-electron chi connectivity index (χ4n) is 6.21. The molecule has 46 heavy (non-hydrogen) atoms. The van der Waals surface area contributed by atoms with Crippen molar-refractivity contribution in [3.8, 4) is 50.6 Å². The second kappa shape index (κ2) is 9.74. The smallest absolute Gasteiger partial charge is 0.265 e. The van der Waals surface area contributed by atoms with Crippen LogP contribution in [0.2, 0.25) is 0 Å². The van der Waals surface area contributed by atoms with E-state index in [-0.39, 0.29) is 27.6 Å². The standard InChI is InChI=1S/C33H11F10N3/c34-28-25-19(12-44)23-17-9-15(13-1-5-45-6-2-13)20(32(38,39)40)10-16(17)18-11-21(33(41,42)43)22(14-3-7-46-8-4-14)26(24(18)23)27(25)29(35)31(37)30(28)36/h1-11H. The maximum Gasteiger partial charge on any atom is 0.417 e. The van der Waals surface area contributed by atoms with Crippen molar-refractivity contribution >= 4 is 21.5 Å². The van der Waals surface area contributed by atoms with Gasteiger partial charge in [-0.1, -0.05) is 0 Å². The Hall–Kier alpha value is -5.51. The molecule has 0 saturated heterocycles. The van der Waals surface area contributed by atoms with Crippen molar-refractivity contribution in [2.75, 3.05) is 0 Å². The van der Waals surface area contributed by atoms with Gasteiger partial charge >= 0.3 is 12.4 Å². The van der Waals surface area contributed by atoms with E-state index in [0.717, 1.165) is 30.6 Å². The van der Waals surface area contributed by atoms with Gasteiger partial charge in [0.05, 0.1) is 16.7 Å². The Kier molecular flexibility index (Phi) is 6.19. The molecule has 13 heteroatoms. The van der Waals surface area contributed by atoms with Crippen LogP contribution in [-0.4, -0.2) is 9.97 Å². The highest BCUT2D eigenvalue weighted by atomic mass is 19.4. The van der Waals surface area contributed by atoms with Gasteiger partial charge in [0, 0.05) is 57.5 Å². The van der Waals surface area contributed by atoms with E-state index < -0.39 is 90.7 Å². The SMILES string of the molecule is N#Cc1c2c3c(cc(C(F)(F)F)c(-c4ccncc4)c3c3c(F)c(F)c(F)c(F)c13)-c1cc(C(F)(F)F)c(-c3ccncc3)cc1-2. The van der Waals surface area contributed by atoms with Crippen LogP contribution in [0.5, 0.6) is 0 Å². The van der Waals surface area contributed by atoms with E-state index in [9.17, 15) is 40.4 Å². The van der Waals surface area contributed by atoms with E-state index in [2.05, 4.69) is 9.97 Å². The Morgan fingerprint density at radius 1 is 0.500 bits per heavy atom. The van der Waals surface area contributed by atoms with Crippen LogP contribution in [0.15, 0.2) is 67.3 Å². The first-order valence-corrected chi connectivity index (χ1v) is 13.1. The Labute approximate surface area is 251 Å². The number of hydrogen-bond acceptors (Lipinski definition) is 3. The van der Waals surface area contributed by atoms with Crippen LogP contribution in [-0.2, 0) is 12.4 Å². The lowest BCUT2D eigenvalue weighted by Gasteiger charge is -2.20. The predicted molar refractivity (Wildman–Crippen MR) is 147 cm³/mol. The molecule has 0 bridgehead atoms. The third-order valence-corrected chi connectivity index (χ3v) is 7.99. The maximum atomic E-state index is 15.8. The fourth-order valence-corrected chi connectivity index (χ4v) is 6.21. The van der Waals surface area contributed by atoms with Crippen molar-refractivity contribution in [2.45, 2.75) is 12.4 Å². The van der Waals surface area contributed by atoms with Crippen LogP contribution in [0, 0.1) is 34.6 Å². The zero-order chi connectivity index (χ0) is 32.9. The topological polar surface area (TPSA) is 49.6 Å². The second-order valence-electron chi connectivity index (χ2n) is 10.4. The van der Waals surface area contributed by atoms with Gasteiger partial charge in [0.25, 0.3) is 0 Å². The van der Waals surface area contributed by atoms with Crippen molar-refractivity contribution in [1.29, 1.82) is 5.26 Å². The number of halogens is 10. The maximum absolute atomic E-state index is 15.8. The summed E-state index contributed by atoms with van der Waals surface area (Å²) in [6, 6.07) is 8.45. The van der Waals surface area contributed by atoms with Gasteiger partial charge in [-0.15, -0.1) is 0 Å². The van der Waals surface area contributed by atoms with E-state index in [1.807, 2.05) is 0 Å². The zero-order valence-corrected chi connectivity index (χ0v) is 22.5. The molecule has 3 nitrogen and oxygen atoms in total. The Bertz CT molecular complexity index is 2320. The summed E-state index contributed by atoms with van der Waals surface area (Å²) in [6.45, 7) is 0. The summed E-state index contributed by atoms with van der Waals surface area (Å²) in [5, 5.41) is 6.75. The molecule has 0 N–H and O–H groups in total. The van der Waals surface area contributed by atoms with Gasteiger partial charge < -0.3 is 0 Å². The molecule has 0 saturated carbocycles. The molecule has 4 aromatic carbocycles. The van der Waals surface area contributed by atoms with Gasteiger partial charge in [-0.05, 0) is 75.8 Å². The molecule has 7 rings (SSSR count). The first-order chi connectivity index (χ1) is 21.8. The van der Waals surface area contributed by atoms with Gasteiger partial charge in [-0.25, -0.2) is 17.6 Å². The van der Waals surface area contributed by atoms with Crippen LogP contribution in [0.3, 0.4) is 0 Å². The highest BCUT2D eigenvalue weighted by Crippen LogP contribution is 2.58. The largest absolute Gasteiger partial charge is 0.417 e. The molecule has 6 aromatic rings. The van der Waals surface area contributed by atoms with Gasteiger partial charge in [0.15, 0.2) is 23.3 Å². The second-order valence-corrected chi connectivity index (χ2v) is 10.4. The average molecular weight is 639 g/mol. The number of aromatic nitrogens is 2. The van der Waals surface area contributed by atoms with Crippen molar-refractivity contribution in [2.24, 2.45) is 0 Å². The van der Waals surface area contributed by atoms with Crippen LogP contribution in [0.4, 0.5) is 43.9 Å². The van der Waals surface area contributed by atoms with Gasteiger partial charge in [-0.2, -0.15) is 31.6 Å². The van der Waals surface area contributed by atoms with Gasteiger partial charge in [-0.3, -0.25) is 9.97 Å². The molecule has 228 valence electrons. The predicted octanol–water partition coefficient (Wildman–Crippen LogP) is 10.2. The number of benzene rings is 4. The number of rotatable bonds is 2. The number of hydrogen-bond donors (Lipinski definition) is 0. The van der Waals surface area contributed by atoms with E-state index in [1.165, 1.54) is 24.5 Å². The fraction of sp³-hybridized carbons (Fsp3) is 0.0606. The minimum absolute atomic E-state index is 0.00424. The highest BCUT2D eigenvalue weighted by Gasteiger charge is 2.42. The lowest BCUT2D eigenvalue weighted by Crippen LogP contribution is -2.09. The van der Waals surface area contributed by atoms with E-state index in [0.29, 0.717) is 12.1 Å². The lowest BCUT2D eigenvalue weighted by atomic mass is 9.84. The van der Waals surface area contributed by atoms with E-state index >= 15 is 8.78 Å². The molecule has 1 aliphatic carbocycles. The van der Waals surface area contributed by atoms with Crippen molar-refractivity contribution in [1.82, 2.24) is 9.97 Å². The van der Waals surface area contributed by atoms with Gasteiger partial charge in [0.1, 0.15) is 6.07 Å². The normalized spacial score (nSPS) is 12.5. The molecule has 0 fully saturated rings. The van der Waals surface area contributed by atoms with Crippen molar-refractivity contribution in [3.63, 3.8) is 0 Å². The molecule has 0 aliphatic heterocycles. The van der Waals surface area contributed by atoms with Crippen LogP contribution in [0.25, 0.3) is 66.1 Å². The molecule has 0 unspecified atom stereocenters. The molecule has 0 spiro atoms. The summed E-state index contributed by atoms with van der Waals surface area (Å²) < 4.78 is 149. The molecular formula is C33H11F10N3. The molecule has 0 radical (unpaired) electrons. The van der Waals surface area contributed by atoms with E-state index in [4.69, 9.17) is 0 Å². The molecule has 2 heterocycles. The average Bonchev–Trinajstić information content (AvgIpc) is 3.35. The third-order valence-electron chi connectivity index (χ3n) is 7.99. The first kappa shape index (κ1) is 29.2. The Balaban J connectivity index is 1.82. The zero-order valence-electron chi connectivity index (χ0n) is 22.5.